The fourth-order valence-corrected chi connectivity index (χ4v) is 3.51. The zero-order valence-electron chi connectivity index (χ0n) is 12.3. The van der Waals surface area contributed by atoms with Crippen LogP contribution in [0, 0.1) is 0 Å². The van der Waals surface area contributed by atoms with Crippen molar-refractivity contribution < 1.29 is 9.53 Å². The van der Waals surface area contributed by atoms with Crippen molar-refractivity contribution in [1.82, 2.24) is 14.0 Å². The highest BCUT2D eigenvalue weighted by molar-refractivity contribution is 7.16. The maximum absolute atomic E-state index is 12.3. The van der Waals surface area contributed by atoms with E-state index in [4.69, 9.17) is 4.74 Å². The molecule has 1 aliphatic heterocycles. The van der Waals surface area contributed by atoms with E-state index in [1.165, 1.54) is 23.0 Å². The molecule has 0 aliphatic carbocycles. The van der Waals surface area contributed by atoms with Crippen molar-refractivity contribution in [3.63, 3.8) is 0 Å². The number of aromatic nitrogens is 2. The van der Waals surface area contributed by atoms with E-state index < -0.39 is 17.3 Å². The summed E-state index contributed by atoms with van der Waals surface area (Å²) in [5, 5.41) is 2.07. The molecule has 0 atom stereocenters. The topological polar surface area (TPSA) is 73.5 Å². The average molecular weight is 323 g/mol. The van der Waals surface area contributed by atoms with Crippen LogP contribution in [0.5, 0.6) is 0 Å². The highest BCUT2D eigenvalue weighted by atomic mass is 32.1. The zero-order valence-corrected chi connectivity index (χ0v) is 13.1. The molecule has 0 amide bonds. The standard InChI is InChI=1S/C14H17N3O4S/c1-15-12-10(4-9-22-12)11(18)17(13(15)19)14(20)21-8-7-16-5-2-3-6-16/h4,9H,2-3,5-8H2,1H3. The summed E-state index contributed by atoms with van der Waals surface area (Å²) in [4.78, 5) is 39.3. The molecule has 8 heteroatoms. The Bertz CT molecular complexity index is 814. The smallest absolute Gasteiger partial charge is 0.425 e. The van der Waals surface area contributed by atoms with Crippen LogP contribution < -0.4 is 11.2 Å². The van der Waals surface area contributed by atoms with Crippen LogP contribution >= 0.6 is 11.3 Å². The number of aryl methyl sites for hydroxylation is 1. The van der Waals surface area contributed by atoms with Crippen LogP contribution in [0.1, 0.15) is 12.8 Å². The van der Waals surface area contributed by atoms with Crippen molar-refractivity contribution >= 4 is 27.6 Å². The average Bonchev–Trinajstić information content (AvgIpc) is 3.16. The predicted molar refractivity (Wildman–Crippen MR) is 83.7 cm³/mol. The lowest BCUT2D eigenvalue weighted by Gasteiger charge is -2.14. The Kier molecular flexibility index (Phi) is 4.12. The van der Waals surface area contributed by atoms with E-state index in [0.717, 1.165) is 25.9 Å². The third kappa shape index (κ3) is 2.59. The zero-order chi connectivity index (χ0) is 15.7. The highest BCUT2D eigenvalue weighted by Crippen LogP contribution is 2.14. The van der Waals surface area contributed by atoms with E-state index in [9.17, 15) is 14.4 Å². The largest absolute Gasteiger partial charge is 0.447 e. The van der Waals surface area contributed by atoms with Crippen LogP contribution in [0.4, 0.5) is 4.79 Å². The van der Waals surface area contributed by atoms with Gasteiger partial charge in [-0.05, 0) is 37.4 Å². The van der Waals surface area contributed by atoms with Crippen LogP contribution in [-0.4, -0.2) is 46.4 Å². The van der Waals surface area contributed by atoms with Crippen molar-refractivity contribution in [3.8, 4) is 0 Å². The number of ether oxygens (including phenoxy) is 1. The normalized spacial score (nSPS) is 15.5. The van der Waals surface area contributed by atoms with Gasteiger partial charge in [0.1, 0.15) is 11.4 Å². The Morgan fingerprint density at radius 3 is 2.77 bits per heavy atom. The van der Waals surface area contributed by atoms with Crippen molar-refractivity contribution in [2.24, 2.45) is 7.05 Å². The summed E-state index contributed by atoms with van der Waals surface area (Å²) in [6.45, 7) is 2.80. The van der Waals surface area contributed by atoms with Crippen LogP contribution in [0.3, 0.4) is 0 Å². The van der Waals surface area contributed by atoms with Gasteiger partial charge >= 0.3 is 11.8 Å². The molecule has 0 saturated carbocycles. The Morgan fingerprint density at radius 1 is 1.32 bits per heavy atom. The third-order valence-corrected chi connectivity index (χ3v) is 4.86. The molecular formula is C14H17N3O4S. The molecule has 3 heterocycles. The second kappa shape index (κ2) is 6.05. The second-order valence-electron chi connectivity index (χ2n) is 5.28. The molecule has 118 valence electrons. The number of carbonyl (C=O) groups is 1. The van der Waals surface area contributed by atoms with Crippen LogP contribution in [0.25, 0.3) is 10.2 Å². The maximum atomic E-state index is 12.3. The number of fused-ring (bicyclic) bond motifs is 1. The number of carbonyl (C=O) groups excluding carboxylic acids is 1. The Hall–Kier alpha value is -1.93. The SMILES string of the molecule is Cn1c(=O)n(C(=O)OCCN2CCCC2)c(=O)c2ccsc21. The van der Waals surface area contributed by atoms with Crippen molar-refractivity contribution in [3.05, 3.63) is 32.3 Å². The van der Waals surface area contributed by atoms with Gasteiger partial charge in [0.2, 0.25) is 0 Å². The second-order valence-corrected chi connectivity index (χ2v) is 6.18. The van der Waals surface area contributed by atoms with Gasteiger partial charge in [-0.15, -0.1) is 11.3 Å². The number of thiophene rings is 1. The number of nitrogens with zero attached hydrogens (tertiary/aromatic N) is 3. The molecule has 2 aromatic rings. The molecule has 0 bridgehead atoms. The molecule has 1 saturated heterocycles. The van der Waals surface area contributed by atoms with Crippen molar-refractivity contribution in [2.45, 2.75) is 12.8 Å². The summed E-state index contributed by atoms with van der Waals surface area (Å²) in [6, 6.07) is 1.61. The van der Waals surface area contributed by atoms with Gasteiger partial charge in [-0.25, -0.2) is 9.59 Å². The molecule has 1 aliphatic rings. The summed E-state index contributed by atoms with van der Waals surface area (Å²) in [5.41, 5.74) is -1.29. The fourth-order valence-electron chi connectivity index (χ4n) is 2.66. The van der Waals surface area contributed by atoms with E-state index in [1.54, 1.807) is 11.4 Å². The summed E-state index contributed by atoms with van der Waals surface area (Å²) in [7, 11) is 1.54. The van der Waals surface area contributed by atoms with Crippen LogP contribution in [-0.2, 0) is 11.8 Å². The first-order chi connectivity index (χ1) is 10.6. The molecule has 22 heavy (non-hydrogen) atoms. The molecule has 0 radical (unpaired) electrons. The minimum atomic E-state index is -0.905. The molecule has 3 rings (SSSR count). The fraction of sp³-hybridized carbons (Fsp3) is 0.500. The maximum Gasteiger partial charge on any atom is 0.425 e. The molecule has 0 N–H and O–H groups in total. The minimum absolute atomic E-state index is 0.177. The predicted octanol–water partition coefficient (Wildman–Crippen LogP) is 0.842. The molecule has 7 nitrogen and oxygen atoms in total. The molecule has 0 unspecified atom stereocenters. The first-order valence-corrected chi connectivity index (χ1v) is 8.06. The van der Waals surface area contributed by atoms with Crippen molar-refractivity contribution in [1.29, 1.82) is 0 Å². The lowest BCUT2D eigenvalue weighted by molar-refractivity contribution is 0.132. The monoisotopic (exact) mass is 323 g/mol. The van der Waals surface area contributed by atoms with Gasteiger partial charge in [0.05, 0.1) is 5.39 Å². The first-order valence-electron chi connectivity index (χ1n) is 7.18. The highest BCUT2D eigenvalue weighted by Gasteiger charge is 2.19. The van der Waals surface area contributed by atoms with Gasteiger partial charge in [-0.1, -0.05) is 0 Å². The third-order valence-electron chi connectivity index (χ3n) is 3.88. The summed E-state index contributed by atoms with van der Waals surface area (Å²) in [5.74, 6) is 0. The van der Waals surface area contributed by atoms with Gasteiger partial charge in [0.25, 0.3) is 5.56 Å². The van der Waals surface area contributed by atoms with E-state index in [-0.39, 0.29) is 6.61 Å². The molecule has 0 spiro atoms. The number of hydrogen-bond donors (Lipinski definition) is 0. The molecule has 2 aromatic heterocycles. The lowest BCUT2D eigenvalue weighted by atomic mass is 10.4. The van der Waals surface area contributed by atoms with Crippen LogP contribution in [0.15, 0.2) is 21.0 Å². The van der Waals surface area contributed by atoms with Crippen molar-refractivity contribution in [2.75, 3.05) is 26.2 Å². The van der Waals surface area contributed by atoms with Gasteiger partial charge in [-0.2, -0.15) is 4.57 Å². The van der Waals surface area contributed by atoms with Crippen LogP contribution in [0.2, 0.25) is 0 Å². The van der Waals surface area contributed by atoms with E-state index in [1.807, 2.05) is 0 Å². The van der Waals surface area contributed by atoms with Gasteiger partial charge in [-0.3, -0.25) is 14.3 Å². The number of hydrogen-bond acceptors (Lipinski definition) is 6. The summed E-state index contributed by atoms with van der Waals surface area (Å²) >= 11 is 1.29. The number of likely N-dealkylation sites (tertiary alicyclic amines) is 1. The Labute approximate surface area is 130 Å². The Balaban J connectivity index is 1.81. The molecule has 0 aromatic carbocycles. The lowest BCUT2D eigenvalue weighted by Crippen LogP contribution is -2.43. The summed E-state index contributed by atoms with van der Waals surface area (Å²) in [6.07, 6.45) is 1.41. The van der Waals surface area contributed by atoms with E-state index in [2.05, 4.69) is 4.90 Å². The summed E-state index contributed by atoms with van der Waals surface area (Å²) < 4.78 is 6.97. The minimum Gasteiger partial charge on any atom is -0.447 e. The Morgan fingerprint density at radius 2 is 2.05 bits per heavy atom. The van der Waals surface area contributed by atoms with Gasteiger partial charge in [0.15, 0.2) is 0 Å². The molecular weight excluding hydrogens is 306 g/mol. The first kappa shape index (κ1) is 15.0. The van der Waals surface area contributed by atoms with Gasteiger partial charge in [0, 0.05) is 13.6 Å². The van der Waals surface area contributed by atoms with Gasteiger partial charge < -0.3 is 4.74 Å². The van der Waals surface area contributed by atoms with E-state index in [0.29, 0.717) is 21.3 Å². The molecule has 1 fully saturated rings. The number of rotatable bonds is 3. The quantitative estimate of drug-likeness (QED) is 0.837. The van der Waals surface area contributed by atoms with E-state index >= 15 is 0 Å².